The number of rotatable bonds is 7. The maximum atomic E-state index is 12.6. The van der Waals surface area contributed by atoms with Crippen LogP contribution in [-0.4, -0.2) is 22.5 Å². The van der Waals surface area contributed by atoms with Gasteiger partial charge in [-0.25, -0.2) is 0 Å². The average molecular weight is 424 g/mol. The van der Waals surface area contributed by atoms with Gasteiger partial charge in [0.25, 0.3) is 5.91 Å². The molecule has 0 bridgehead atoms. The third-order valence-corrected chi connectivity index (χ3v) is 5.84. The molecule has 2 aromatic carbocycles. The molecule has 1 saturated carbocycles. The molecular weight excluding hydrogens is 402 g/mol. The quantitative estimate of drug-likeness (QED) is 0.540. The number of carbonyl (C=O) groups is 2. The fourth-order valence-electron chi connectivity index (χ4n) is 3.94. The second kappa shape index (κ2) is 8.00. The highest BCUT2D eigenvalue weighted by Crippen LogP contribution is 2.54. The number of carboxylic acid groups (broad SMARTS) is 1. The van der Waals surface area contributed by atoms with E-state index in [1.165, 1.54) is 0 Å². The Hall–Kier alpha value is -3.05. The lowest BCUT2D eigenvalue weighted by atomic mass is 9.99. The van der Waals surface area contributed by atoms with Gasteiger partial charge in [-0.2, -0.15) is 0 Å². The molecule has 1 amide bonds. The number of nitrogens with one attached hydrogen (secondary N) is 1. The monoisotopic (exact) mass is 423 g/mol. The van der Waals surface area contributed by atoms with E-state index >= 15 is 0 Å². The molecule has 1 fully saturated rings. The Kier molecular flexibility index (Phi) is 5.39. The minimum atomic E-state index is -0.943. The predicted molar refractivity (Wildman–Crippen MR) is 115 cm³/mol. The molecule has 1 aliphatic carbocycles. The van der Waals surface area contributed by atoms with Crippen molar-refractivity contribution >= 4 is 23.5 Å². The number of benzene rings is 2. The van der Waals surface area contributed by atoms with Gasteiger partial charge in [0.2, 0.25) is 0 Å². The molecule has 0 saturated heterocycles. The fourth-order valence-corrected chi connectivity index (χ4v) is 4.13. The first-order chi connectivity index (χ1) is 14.4. The lowest BCUT2D eigenvalue weighted by Crippen LogP contribution is -2.40. The summed E-state index contributed by atoms with van der Waals surface area (Å²) in [5.41, 5.74) is 2.23. The number of aryl methyl sites for hydroxylation is 1. The molecule has 0 aliphatic heterocycles. The van der Waals surface area contributed by atoms with Crippen molar-refractivity contribution < 1.29 is 19.1 Å². The summed E-state index contributed by atoms with van der Waals surface area (Å²) in [6, 6.07) is 19.0. The third-order valence-electron chi connectivity index (χ3n) is 5.61. The van der Waals surface area contributed by atoms with Gasteiger partial charge in [0.05, 0.1) is 12.0 Å². The Morgan fingerprint density at radius 3 is 2.53 bits per heavy atom. The number of hydrogen-bond donors (Lipinski definition) is 2. The standard InChI is InChI=1S/C24H22ClNO4/c1-2-19-10-11-21(30-19)23(29)26-24(14-22(27)28)13-20(24)16-8-6-15(7-9-16)17-4-3-5-18(25)12-17/h3-12,20H,2,13-14H2,1H3,(H,26,29)(H,27,28)/t20-,24?/m0/s1. The summed E-state index contributed by atoms with van der Waals surface area (Å²) in [7, 11) is 0. The largest absolute Gasteiger partial charge is 0.481 e. The number of amides is 1. The van der Waals surface area contributed by atoms with Gasteiger partial charge in [0, 0.05) is 17.4 Å². The van der Waals surface area contributed by atoms with Crippen LogP contribution in [0.3, 0.4) is 0 Å². The number of carbonyl (C=O) groups excluding carboxylic acids is 1. The zero-order valence-corrected chi connectivity index (χ0v) is 17.3. The van der Waals surface area contributed by atoms with E-state index in [4.69, 9.17) is 16.0 Å². The second-order valence-corrected chi connectivity index (χ2v) is 8.13. The summed E-state index contributed by atoms with van der Waals surface area (Å²) in [6.45, 7) is 1.94. The number of aliphatic carboxylic acids is 1. The minimum absolute atomic E-state index is 0.0634. The summed E-state index contributed by atoms with van der Waals surface area (Å²) in [4.78, 5) is 24.1. The number of furan rings is 1. The maximum absolute atomic E-state index is 12.6. The second-order valence-electron chi connectivity index (χ2n) is 7.69. The molecule has 1 aromatic heterocycles. The first-order valence-electron chi connectivity index (χ1n) is 9.89. The van der Waals surface area contributed by atoms with Gasteiger partial charge in [-0.05, 0) is 47.4 Å². The van der Waals surface area contributed by atoms with Gasteiger partial charge in [-0.3, -0.25) is 9.59 Å². The molecule has 30 heavy (non-hydrogen) atoms. The number of carboxylic acids is 1. The van der Waals surface area contributed by atoms with Gasteiger partial charge in [0.15, 0.2) is 5.76 Å². The molecule has 0 spiro atoms. The molecule has 154 valence electrons. The Labute approximate surface area is 179 Å². The van der Waals surface area contributed by atoms with E-state index in [1.807, 2.05) is 55.5 Å². The van der Waals surface area contributed by atoms with E-state index in [0.29, 0.717) is 17.9 Å². The lowest BCUT2D eigenvalue weighted by Gasteiger charge is -2.17. The highest BCUT2D eigenvalue weighted by atomic mass is 35.5. The van der Waals surface area contributed by atoms with Crippen LogP contribution in [-0.2, 0) is 11.2 Å². The van der Waals surface area contributed by atoms with Crippen LogP contribution < -0.4 is 5.32 Å². The Bertz CT molecular complexity index is 1090. The SMILES string of the molecule is CCc1ccc(C(=O)NC2(CC(=O)O)C[C@H]2c2ccc(-c3cccc(Cl)c3)cc2)o1. The average Bonchev–Trinajstić information content (AvgIpc) is 3.19. The van der Waals surface area contributed by atoms with E-state index in [-0.39, 0.29) is 24.0 Å². The van der Waals surface area contributed by atoms with Crippen LogP contribution >= 0.6 is 11.6 Å². The van der Waals surface area contributed by atoms with Gasteiger partial charge >= 0.3 is 5.97 Å². The Balaban J connectivity index is 1.53. The van der Waals surface area contributed by atoms with Crippen molar-refractivity contribution in [3.63, 3.8) is 0 Å². The molecule has 5 nitrogen and oxygen atoms in total. The van der Waals surface area contributed by atoms with E-state index in [1.54, 1.807) is 12.1 Å². The Morgan fingerprint density at radius 2 is 1.90 bits per heavy atom. The molecule has 0 radical (unpaired) electrons. The molecule has 1 heterocycles. The van der Waals surface area contributed by atoms with E-state index in [9.17, 15) is 14.7 Å². The normalized spacial score (nSPS) is 20.0. The molecule has 6 heteroatoms. The van der Waals surface area contributed by atoms with Crippen LogP contribution in [0.4, 0.5) is 0 Å². The van der Waals surface area contributed by atoms with Crippen LogP contribution in [0.5, 0.6) is 0 Å². The van der Waals surface area contributed by atoms with Crippen molar-refractivity contribution in [3.8, 4) is 11.1 Å². The fraction of sp³-hybridized carbons (Fsp3) is 0.250. The molecule has 1 unspecified atom stereocenters. The van der Waals surface area contributed by atoms with Crippen molar-refractivity contribution in [1.29, 1.82) is 0 Å². The highest BCUT2D eigenvalue weighted by Gasteiger charge is 2.57. The van der Waals surface area contributed by atoms with Gasteiger partial charge in [-0.15, -0.1) is 0 Å². The van der Waals surface area contributed by atoms with Crippen LogP contribution in [0, 0.1) is 0 Å². The number of hydrogen-bond acceptors (Lipinski definition) is 3. The molecular formula is C24H22ClNO4. The van der Waals surface area contributed by atoms with Crippen LogP contribution in [0.2, 0.25) is 5.02 Å². The predicted octanol–water partition coefficient (Wildman–Crippen LogP) is 5.29. The zero-order chi connectivity index (χ0) is 21.3. The first-order valence-corrected chi connectivity index (χ1v) is 10.3. The van der Waals surface area contributed by atoms with Gasteiger partial charge < -0.3 is 14.8 Å². The van der Waals surface area contributed by atoms with E-state index < -0.39 is 11.5 Å². The molecule has 2 N–H and O–H groups in total. The molecule has 4 rings (SSSR count). The van der Waals surface area contributed by atoms with Gasteiger partial charge in [0.1, 0.15) is 5.76 Å². The molecule has 3 aromatic rings. The van der Waals surface area contributed by atoms with Crippen molar-refractivity contribution in [2.75, 3.05) is 0 Å². The molecule has 2 atom stereocenters. The van der Waals surface area contributed by atoms with Crippen LogP contribution in [0.1, 0.15) is 47.6 Å². The lowest BCUT2D eigenvalue weighted by molar-refractivity contribution is -0.137. The minimum Gasteiger partial charge on any atom is -0.481 e. The van der Waals surface area contributed by atoms with Gasteiger partial charge in [-0.1, -0.05) is 54.9 Å². The first kappa shape index (κ1) is 20.2. The summed E-state index contributed by atoms with van der Waals surface area (Å²) in [5, 5.41) is 13.0. The van der Waals surface area contributed by atoms with Crippen LogP contribution in [0.25, 0.3) is 11.1 Å². The molecule has 1 aliphatic rings. The van der Waals surface area contributed by atoms with Crippen molar-refractivity contribution in [1.82, 2.24) is 5.32 Å². The van der Waals surface area contributed by atoms with Crippen molar-refractivity contribution in [3.05, 3.63) is 82.8 Å². The maximum Gasteiger partial charge on any atom is 0.305 e. The van der Waals surface area contributed by atoms with Crippen LogP contribution in [0.15, 0.2) is 65.1 Å². The van der Waals surface area contributed by atoms with Crippen molar-refractivity contribution in [2.45, 2.75) is 37.6 Å². The summed E-state index contributed by atoms with van der Waals surface area (Å²) >= 11 is 6.08. The summed E-state index contributed by atoms with van der Waals surface area (Å²) in [6.07, 6.45) is 1.12. The van der Waals surface area contributed by atoms with E-state index in [0.717, 1.165) is 22.5 Å². The highest BCUT2D eigenvalue weighted by molar-refractivity contribution is 6.30. The zero-order valence-electron chi connectivity index (χ0n) is 16.5. The summed E-state index contributed by atoms with van der Waals surface area (Å²) in [5.74, 6) is -0.461. The third kappa shape index (κ3) is 4.12. The topological polar surface area (TPSA) is 79.5 Å². The van der Waals surface area contributed by atoms with Crippen molar-refractivity contribution in [2.24, 2.45) is 0 Å². The summed E-state index contributed by atoms with van der Waals surface area (Å²) < 4.78 is 5.52. The number of halogens is 1. The van der Waals surface area contributed by atoms with E-state index in [2.05, 4.69) is 5.32 Å². The smallest absolute Gasteiger partial charge is 0.305 e. The Morgan fingerprint density at radius 1 is 1.13 bits per heavy atom.